The lowest BCUT2D eigenvalue weighted by Crippen LogP contribution is -2.28. The fourth-order valence-corrected chi connectivity index (χ4v) is 2.89. The standard InChI is InChI=1S/C23H23N3O2/c1-26(17-19-10-6-3-7-11-19)23(28)20-13-15-24-21(16-20)22(27)25-14-12-18-8-4-2-5-9-18/h2-11,13,15-16H,12,14,17H2,1H3,(H,25,27). The Morgan fingerprint density at radius 1 is 0.929 bits per heavy atom. The van der Waals surface area contributed by atoms with Crippen molar-refractivity contribution in [2.45, 2.75) is 13.0 Å². The summed E-state index contributed by atoms with van der Waals surface area (Å²) in [5.41, 5.74) is 2.89. The Kier molecular flexibility index (Phi) is 6.52. The Labute approximate surface area is 165 Å². The van der Waals surface area contributed by atoms with Crippen LogP contribution in [-0.2, 0) is 13.0 Å². The van der Waals surface area contributed by atoms with Gasteiger partial charge in [0.25, 0.3) is 11.8 Å². The van der Waals surface area contributed by atoms with E-state index in [2.05, 4.69) is 10.3 Å². The lowest BCUT2D eigenvalue weighted by atomic mass is 10.1. The van der Waals surface area contributed by atoms with Gasteiger partial charge in [0.1, 0.15) is 5.69 Å². The first-order chi connectivity index (χ1) is 13.6. The Balaban J connectivity index is 1.59. The molecule has 5 heteroatoms. The van der Waals surface area contributed by atoms with E-state index >= 15 is 0 Å². The molecule has 0 spiro atoms. The molecule has 0 aliphatic heterocycles. The van der Waals surface area contributed by atoms with Crippen molar-refractivity contribution in [2.75, 3.05) is 13.6 Å². The third-order valence-electron chi connectivity index (χ3n) is 4.39. The van der Waals surface area contributed by atoms with E-state index in [1.54, 1.807) is 24.1 Å². The minimum atomic E-state index is -0.281. The minimum absolute atomic E-state index is 0.149. The summed E-state index contributed by atoms with van der Waals surface area (Å²) >= 11 is 0. The number of hydrogen-bond donors (Lipinski definition) is 1. The highest BCUT2D eigenvalue weighted by Gasteiger charge is 2.15. The Morgan fingerprint density at radius 3 is 2.25 bits per heavy atom. The second-order valence-corrected chi connectivity index (χ2v) is 6.57. The number of rotatable bonds is 7. The molecule has 2 amide bonds. The summed E-state index contributed by atoms with van der Waals surface area (Å²) in [5, 5.41) is 2.86. The molecule has 0 saturated carbocycles. The topological polar surface area (TPSA) is 62.3 Å². The van der Waals surface area contributed by atoms with Gasteiger partial charge in [-0.25, -0.2) is 0 Å². The molecule has 0 aliphatic carbocycles. The molecule has 0 unspecified atom stereocenters. The Hall–Kier alpha value is -3.47. The molecule has 0 aliphatic rings. The van der Waals surface area contributed by atoms with Crippen molar-refractivity contribution in [3.63, 3.8) is 0 Å². The van der Waals surface area contributed by atoms with Crippen LogP contribution >= 0.6 is 0 Å². The van der Waals surface area contributed by atoms with Gasteiger partial charge in [0.2, 0.25) is 0 Å². The normalized spacial score (nSPS) is 10.3. The van der Waals surface area contributed by atoms with Gasteiger partial charge in [-0.3, -0.25) is 14.6 Å². The maximum atomic E-state index is 12.7. The molecule has 3 rings (SSSR count). The van der Waals surface area contributed by atoms with E-state index in [0.717, 1.165) is 17.5 Å². The fourth-order valence-electron chi connectivity index (χ4n) is 2.89. The smallest absolute Gasteiger partial charge is 0.269 e. The maximum Gasteiger partial charge on any atom is 0.269 e. The first-order valence-electron chi connectivity index (χ1n) is 9.21. The van der Waals surface area contributed by atoms with Crippen molar-refractivity contribution < 1.29 is 9.59 Å². The maximum absolute atomic E-state index is 12.7. The molecule has 0 radical (unpaired) electrons. The van der Waals surface area contributed by atoms with E-state index < -0.39 is 0 Å². The van der Waals surface area contributed by atoms with E-state index in [9.17, 15) is 9.59 Å². The molecule has 28 heavy (non-hydrogen) atoms. The highest BCUT2D eigenvalue weighted by molar-refractivity contribution is 5.98. The summed E-state index contributed by atoms with van der Waals surface area (Å²) in [6, 6.07) is 22.9. The zero-order valence-corrected chi connectivity index (χ0v) is 15.8. The number of carbonyl (C=O) groups is 2. The van der Waals surface area contributed by atoms with Crippen LogP contribution in [0.5, 0.6) is 0 Å². The molecule has 142 valence electrons. The zero-order valence-electron chi connectivity index (χ0n) is 15.8. The van der Waals surface area contributed by atoms with Gasteiger partial charge in [-0.05, 0) is 29.7 Å². The number of nitrogens with one attached hydrogen (secondary N) is 1. The zero-order chi connectivity index (χ0) is 19.8. The van der Waals surface area contributed by atoms with Crippen molar-refractivity contribution in [1.82, 2.24) is 15.2 Å². The van der Waals surface area contributed by atoms with Gasteiger partial charge in [-0.2, -0.15) is 0 Å². The molecule has 0 bridgehead atoms. The number of aromatic nitrogens is 1. The van der Waals surface area contributed by atoms with E-state index in [0.29, 0.717) is 18.7 Å². The summed E-state index contributed by atoms with van der Waals surface area (Å²) in [6.07, 6.45) is 2.24. The number of carbonyl (C=O) groups excluding carboxylic acids is 2. The van der Waals surface area contributed by atoms with Gasteiger partial charge >= 0.3 is 0 Å². The molecule has 1 heterocycles. The van der Waals surface area contributed by atoms with Gasteiger partial charge < -0.3 is 10.2 Å². The SMILES string of the molecule is CN(Cc1ccccc1)C(=O)c1ccnc(C(=O)NCCc2ccccc2)c1. The molecule has 0 atom stereocenters. The van der Waals surface area contributed by atoms with Gasteiger partial charge in [0.05, 0.1) is 0 Å². The number of benzene rings is 2. The summed E-state index contributed by atoms with van der Waals surface area (Å²) in [5.74, 6) is -0.430. The molecular formula is C23H23N3O2. The van der Waals surface area contributed by atoms with Crippen molar-refractivity contribution >= 4 is 11.8 Å². The van der Waals surface area contributed by atoms with Crippen molar-refractivity contribution in [1.29, 1.82) is 0 Å². The monoisotopic (exact) mass is 373 g/mol. The predicted molar refractivity (Wildman–Crippen MR) is 109 cm³/mol. The molecule has 0 fully saturated rings. The van der Waals surface area contributed by atoms with Crippen molar-refractivity contribution in [3.05, 3.63) is 101 Å². The lowest BCUT2D eigenvalue weighted by molar-refractivity contribution is 0.0785. The van der Waals surface area contributed by atoms with Crippen molar-refractivity contribution in [2.24, 2.45) is 0 Å². The summed E-state index contributed by atoms with van der Waals surface area (Å²) < 4.78 is 0. The minimum Gasteiger partial charge on any atom is -0.350 e. The summed E-state index contributed by atoms with van der Waals surface area (Å²) in [4.78, 5) is 30.8. The first kappa shape index (κ1) is 19.3. The predicted octanol–water partition coefficient (Wildman–Crippen LogP) is 3.33. The van der Waals surface area contributed by atoms with E-state index in [-0.39, 0.29) is 17.5 Å². The Morgan fingerprint density at radius 2 is 1.57 bits per heavy atom. The van der Waals surface area contributed by atoms with Gasteiger partial charge in [-0.1, -0.05) is 60.7 Å². The largest absolute Gasteiger partial charge is 0.350 e. The molecule has 3 aromatic rings. The lowest BCUT2D eigenvalue weighted by Gasteiger charge is -2.17. The Bertz CT molecular complexity index is 927. The van der Waals surface area contributed by atoms with Crippen LogP contribution in [0, 0.1) is 0 Å². The van der Waals surface area contributed by atoms with Crippen LogP contribution in [0.1, 0.15) is 32.0 Å². The third-order valence-corrected chi connectivity index (χ3v) is 4.39. The molecule has 0 saturated heterocycles. The highest BCUT2D eigenvalue weighted by atomic mass is 16.2. The van der Waals surface area contributed by atoms with Crippen LogP contribution < -0.4 is 5.32 Å². The van der Waals surface area contributed by atoms with E-state index in [1.165, 1.54) is 6.20 Å². The van der Waals surface area contributed by atoms with Crippen molar-refractivity contribution in [3.8, 4) is 0 Å². The van der Waals surface area contributed by atoms with Crippen LogP contribution in [0.15, 0.2) is 79.0 Å². The van der Waals surface area contributed by atoms with Crippen LogP contribution in [-0.4, -0.2) is 35.3 Å². The summed E-state index contributed by atoms with van der Waals surface area (Å²) in [7, 11) is 1.75. The second kappa shape index (κ2) is 9.46. The summed E-state index contributed by atoms with van der Waals surface area (Å²) in [6.45, 7) is 1.01. The molecule has 1 N–H and O–H groups in total. The number of pyridine rings is 1. The van der Waals surface area contributed by atoms with Crippen LogP contribution in [0.3, 0.4) is 0 Å². The molecule has 2 aromatic carbocycles. The highest BCUT2D eigenvalue weighted by Crippen LogP contribution is 2.09. The second-order valence-electron chi connectivity index (χ2n) is 6.57. The number of amides is 2. The fraction of sp³-hybridized carbons (Fsp3) is 0.174. The van der Waals surface area contributed by atoms with E-state index in [4.69, 9.17) is 0 Å². The third kappa shape index (κ3) is 5.27. The molecular weight excluding hydrogens is 350 g/mol. The average Bonchev–Trinajstić information content (AvgIpc) is 2.74. The van der Waals surface area contributed by atoms with Gasteiger partial charge in [-0.15, -0.1) is 0 Å². The quantitative estimate of drug-likeness (QED) is 0.691. The van der Waals surface area contributed by atoms with Crippen LogP contribution in [0.2, 0.25) is 0 Å². The first-order valence-corrected chi connectivity index (χ1v) is 9.21. The van der Waals surface area contributed by atoms with E-state index in [1.807, 2.05) is 60.7 Å². The van der Waals surface area contributed by atoms with Crippen LogP contribution in [0.4, 0.5) is 0 Å². The van der Waals surface area contributed by atoms with Crippen LogP contribution in [0.25, 0.3) is 0 Å². The van der Waals surface area contributed by atoms with Gasteiger partial charge in [0.15, 0.2) is 0 Å². The molecule has 1 aromatic heterocycles. The number of nitrogens with zero attached hydrogens (tertiary/aromatic N) is 2. The average molecular weight is 373 g/mol. The van der Waals surface area contributed by atoms with Gasteiger partial charge in [0, 0.05) is 31.9 Å². The molecule has 5 nitrogen and oxygen atoms in total. The number of hydrogen-bond acceptors (Lipinski definition) is 3.